The van der Waals surface area contributed by atoms with Crippen molar-refractivity contribution in [3.8, 4) is 0 Å². The van der Waals surface area contributed by atoms with Crippen LogP contribution in [0.5, 0.6) is 0 Å². The van der Waals surface area contributed by atoms with Crippen molar-refractivity contribution in [1.82, 2.24) is 5.32 Å². The molecule has 0 aromatic heterocycles. The van der Waals surface area contributed by atoms with Crippen LogP contribution in [0, 0.1) is 0 Å². The maximum atomic E-state index is 12.6. The molecule has 3 heteroatoms. The Morgan fingerprint density at radius 2 is 2.27 bits per heavy atom. The molecule has 0 aliphatic rings. The lowest BCUT2D eigenvalue weighted by atomic mass is 10.2. The highest BCUT2D eigenvalue weighted by Crippen LogP contribution is 2.03. The first-order valence-electron chi connectivity index (χ1n) is 3.70. The van der Waals surface area contributed by atoms with Crippen LogP contribution in [0.2, 0.25) is 0 Å². The van der Waals surface area contributed by atoms with Gasteiger partial charge in [-0.1, -0.05) is 6.08 Å². The predicted molar refractivity (Wildman–Crippen MR) is 50.1 cm³/mol. The molecule has 0 saturated carbocycles. The summed E-state index contributed by atoms with van der Waals surface area (Å²) >= 11 is 0. The second-order valence-electron chi connectivity index (χ2n) is 2.37. The van der Waals surface area contributed by atoms with Gasteiger partial charge in [0.1, 0.15) is 6.17 Å². The van der Waals surface area contributed by atoms with Crippen LogP contribution in [-0.4, -0.2) is 19.8 Å². The molecule has 0 rings (SSSR count). The highest BCUT2D eigenvalue weighted by atomic mass is 35.5. The van der Waals surface area contributed by atoms with E-state index in [2.05, 4.69) is 11.9 Å². The third-order valence-corrected chi connectivity index (χ3v) is 1.35. The second-order valence-corrected chi connectivity index (χ2v) is 2.37. The molecule has 0 amide bonds. The lowest BCUT2D eigenvalue weighted by molar-refractivity contribution is 0.302. The van der Waals surface area contributed by atoms with Crippen LogP contribution in [0.15, 0.2) is 12.7 Å². The van der Waals surface area contributed by atoms with Crippen LogP contribution in [-0.2, 0) is 0 Å². The molecule has 0 aliphatic carbocycles. The van der Waals surface area contributed by atoms with E-state index < -0.39 is 6.17 Å². The summed E-state index contributed by atoms with van der Waals surface area (Å²) in [7, 11) is 1.76. The summed E-state index contributed by atoms with van der Waals surface area (Å²) in [5.41, 5.74) is 0. The summed E-state index contributed by atoms with van der Waals surface area (Å²) < 4.78 is 12.6. The molecular formula is C8H17ClFN. The third-order valence-electron chi connectivity index (χ3n) is 1.35. The van der Waals surface area contributed by atoms with Crippen molar-refractivity contribution in [3.63, 3.8) is 0 Å². The topological polar surface area (TPSA) is 12.0 Å². The van der Waals surface area contributed by atoms with E-state index in [9.17, 15) is 4.39 Å². The van der Waals surface area contributed by atoms with Gasteiger partial charge in [-0.2, -0.15) is 0 Å². The minimum Gasteiger partial charge on any atom is -0.317 e. The van der Waals surface area contributed by atoms with E-state index in [1.807, 2.05) is 6.08 Å². The van der Waals surface area contributed by atoms with Crippen molar-refractivity contribution in [1.29, 1.82) is 0 Å². The van der Waals surface area contributed by atoms with Crippen LogP contribution < -0.4 is 5.32 Å². The van der Waals surface area contributed by atoms with Crippen LogP contribution in [0.25, 0.3) is 0 Å². The Balaban J connectivity index is 0. The van der Waals surface area contributed by atoms with Gasteiger partial charge in [-0.25, -0.2) is 4.39 Å². The molecule has 0 radical (unpaired) electrons. The Labute approximate surface area is 74.5 Å². The van der Waals surface area contributed by atoms with Gasteiger partial charge in [0, 0.05) is 6.54 Å². The number of hydrogen-bond donors (Lipinski definition) is 1. The van der Waals surface area contributed by atoms with Crippen molar-refractivity contribution >= 4 is 12.4 Å². The molecule has 1 atom stereocenters. The lowest BCUT2D eigenvalue weighted by Gasteiger charge is -2.04. The van der Waals surface area contributed by atoms with Crippen LogP contribution >= 0.6 is 12.4 Å². The average molecular weight is 182 g/mol. The summed E-state index contributed by atoms with van der Waals surface area (Å²) in [5, 5.41) is 2.79. The SMILES string of the molecule is C=CCCCC(F)CNC.Cl. The van der Waals surface area contributed by atoms with Crippen molar-refractivity contribution < 1.29 is 4.39 Å². The van der Waals surface area contributed by atoms with Gasteiger partial charge in [0.15, 0.2) is 0 Å². The molecular weight excluding hydrogens is 165 g/mol. The zero-order chi connectivity index (χ0) is 7.82. The van der Waals surface area contributed by atoms with E-state index in [4.69, 9.17) is 0 Å². The Kier molecular flexibility index (Phi) is 12.2. The number of nitrogens with one attached hydrogen (secondary N) is 1. The molecule has 0 aromatic rings. The maximum absolute atomic E-state index is 12.6. The Morgan fingerprint density at radius 3 is 2.73 bits per heavy atom. The van der Waals surface area contributed by atoms with Crippen LogP contribution in [0.3, 0.4) is 0 Å². The van der Waals surface area contributed by atoms with E-state index in [1.54, 1.807) is 7.05 Å². The van der Waals surface area contributed by atoms with Gasteiger partial charge in [0.05, 0.1) is 0 Å². The highest BCUT2D eigenvalue weighted by molar-refractivity contribution is 5.85. The number of alkyl halides is 1. The molecule has 0 aromatic carbocycles. The largest absolute Gasteiger partial charge is 0.317 e. The Hall–Kier alpha value is -0.0800. The zero-order valence-corrected chi connectivity index (χ0v) is 7.79. The molecule has 0 fully saturated rings. The zero-order valence-electron chi connectivity index (χ0n) is 6.98. The van der Waals surface area contributed by atoms with Gasteiger partial charge in [0.25, 0.3) is 0 Å². The molecule has 1 nitrogen and oxygen atoms in total. The molecule has 11 heavy (non-hydrogen) atoms. The molecule has 68 valence electrons. The van der Waals surface area contributed by atoms with Gasteiger partial charge >= 0.3 is 0 Å². The second kappa shape index (κ2) is 9.92. The molecule has 1 N–H and O–H groups in total. The Bertz CT molecular complexity index is 88.2. The highest BCUT2D eigenvalue weighted by Gasteiger charge is 2.02. The lowest BCUT2D eigenvalue weighted by Crippen LogP contribution is -2.19. The van der Waals surface area contributed by atoms with Crippen LogP contribution in [0.4, 0.5) is 4.39 Å². The molecule has 1 unspecified atom stereocenters. The summed E-state index contributed by atoms with van der Waals surface area (Å²) in [5.74, 6) is 0. The van der Waals surface area contributed by atoms with E-state index in [0.29, 0.717) is 13.0 Å². The van der Waals surface area contributed by atoms with Gasteiger partial charge in [-0.05, 0) is 26.3 Å². The monoisotopic (exact) mass is 181 g/mol. The molecule has 0 saturated heterocycles. The van der Waals surface area contributed by atoms with Gasteiger partial charge < -0.3 is 5.32 Å². The molecule has 0 spiro atoms. The fraction of sp³-hybridized carbons (Fsp3) is 0.750. The summed E-state index contributed by atoms with van der Waals surface area (Å²) in [4.78, 5) is 0. The van der Waals surface area contributed by atoms with Gasteiger partial charge in [-0.3, -0.25) is 0 Å². The fourth-order valence-electron chi connectivity index (χ4n) is 0.807. The minimum absolute atomic E-state index is 0. The number of allylic oxidation sites excluding steroid dienone is 1. The standard InChI is InChI=1S/C8H16FN.ClH/c1-3-4-5-6-8(9)7-10-2;/h3,8,10H,1,4-7H2,2H3;1H. The first kappa shape index (κ1) is 13.5. The molecule has 0 heterocycles. The number of hydrogen-bond acceptors (Lipinski definition) is 1. The van der Waals surface area contributed by atoms with E-state index in [-0.39, 0.29) is 12.4 Å². The van der Waals surface area contributed by atoms with Crippen LogP contribution in [0.1, 0.15) is 19.3 Å². The number of rotatable bonds is 6. The molecule has 0 aliphatic heterocycles. The summed E-state index contributed by atoms with van der Waals surface area (Å²) in [6, 6.07) is 0. The average Bonchev–Trinajstić information content (AvgIpc) is 1.89. The van der Waals surface area contributed by atoms with E-state index in [0.717, 1.165) is 12.8 Å². The smallest absolute Gasteiger partial charge is 0.112 e. The minimum atomic E-state index is -0.690. The van der Waals surface area contributed by atoms with Crippen molar-refractivity contribution in [3.05, 3.63) is 12.7 Å². The quantitative estimate of drug-likeness (QED) is 0.490. The fourth-order valence-corrected chi connectivity index (χ4v) is 0.807. The van der Waals surface area contributed by atoms with Crippen molar-refractivity contribution in [2.45, 2.75) is 25.4 Å². The van der Waals surface area contributed by atoms with Gasteiger partial charge in [-0.15, -0.1) is 19.0 Å². The summed E-state index contributed by atoms with van der Waals surface area (Å²) in [6.07, 6.45) is 3.61. The number of halogens is 2. The third kappa shape index (κ3) is 9.92. The number of unbranched alkanes of at least 4 members (excludes halogenated alkanes) is 1. The van der Waals surface area contributed by atoms with Gasteiger partial charge in [0.2, 0.25) is 0 Å². The maximum Gasteiger partial charge on any atom is 0.112 e. The first-order valence-corrected chi connectivity index (χ1v) is 3.70. The van der Waals surface area contributed by atoms with E-state index >= 15 is 0 Å². The van der Waals surface area contributed by atoms with Crippen molar-refractivity contribution in [2.24, 2.45) is 0 Å². The van der Waals surface area contributed by atoms with E-state index in [1.165, 1.54) is 0 Å². The van der Waals surface area contributed by atoms with Crippen molar-refractivity contribution in [2.75, 3.05) is 13.6 Å². The predicted octanol–water partition coefficient (Wildman–Crippen LogP) is 2.32. The Morgan fingerprint density at radius 1 is 1.64 bits per heavy atom. The first-order chi connectivity index (χ1) is 4.81. The summed E-state index contributed by atoms with van der Waals surface area (Å²) in [6.45, 7) is 4.03. The normalized spacial score (nSPS) is 11.8. The molecule has 0 bridgehead atoms.